The summed E-state index contributed by atoms with van der Waals surface area (Å²) in [6.07, 6.45) is 0.420. The minimum atomic E-state index is -0.818. The highest BCUT2D eigenvalue weighted by Crippen LogP contribution is 2.36. The zero-order valence-electron chi connectivity index (χ0n) is 19.1. The molecule has 1 aliphatic heterocycles. The number of nitrogens with zero attached hydrogens (tertiary/aromatic N) is 1. The van der Waals surface area contributed by atoms with Crippen LogP contribution in [0.15, 0.2) is 18.2 Å². The van der Waals surface area contributed by atoms with Crippen LogP contribution in [0.4, 0.5) is 5.69 Å². The van der Waals surface area contributed by atoms with Gasteiger partial charge in [-0.15, -0.1) is 0 Å². The van der Waals surface area contributed by atoms with E-state index in [0.717, 1.165) is 16.8 Å². The van der Waals surface area contributed by atoms with Crippen molar-refractivity contribution in [3.63, 3.8) is 0 Å². The molecule has 0 fully saturated rings. The number of ether oxygens (including phenoxy) is 2. The quantitative estimate of drug-likeness (QED) is 0.686. The average molecular weight is 419 g/mol. The average Bonchev–Trinajstić information content (AvgIpc) is 2.98. The molecule has 0 aromatic heterocycles. The fourth-order valence-electron chi connectivity index (χ4n) is 3.59. The van der Waals surface area contributed by atoms with E-state index in [1.54, 1.807) is 18.7 Å². The van der Waals surface area contributed by atoms with Crippen LogP contribution < -0.4 is 10.2 Å². The first kappa shape index (κ1) is 23.7. The molecule has 1 unspecified atom stereocenters. The van der Waals surface area contributed by atoms with Crippen molar-refractivity contribution in [3.05, 3.63) is 29.3 Å². The Balaban J connectivity index is 2.36. The molecule has 1 atom stereocenters. The minimum Gasteiger partial charge on any atom is -0.465 e. The number of rotatable bonds is 7. The van der Waals surface area contributed by atoms with E-state index >= 15 is 0 Å². The highest BCUT2D eigenvalue weighted by Gasteiger charge is 2.39. The highest BCUT2D eigenvalue weighted by molar-refractivity contribution is 5.90. The monoisotopic (exact) mass is 418 g/mol. The highest BCUT2D eigenvalue weighted by atomic mass is 16.5. The molecule has 7 nitrogen and oxygen atoms in total. The van der Waals surface area contributed by atoms with Gasteiger partial charge in [-0.05, 0) is 65.7 Å². The van der Waals surface area contributed by atoms with E-state index < -0.39 is 11.5 Å². The van der Waals surface area contributed by atoms with Crippen LogP contribution in [0, 0.1) is 0 Å². The molecular weight excluding hydrogens is 384 g/mol. The van der Waals surface area contributed by atoms with Gasteiger partial charge < -0.3 is 19.7 Å². The second-order valence-corrected chi connectivity index (χ2v) is 9.09. The van der Waals surface area contributed by atoms with Crippen molar-refractivity contribution in [2.24, 2.45) is 0 Å². The van der Waals surface area contributed by atoms with Crippen LogP contribution >= 0.6 is 0 Å². The van der Waals surface area contributed by atoms with Crippen molar-refractivity contribution in [1.29, 1.82) is 0 Å². The Hall–Kier alpha value is -2.57. The zero-order valence-corrected chi connectivity index (χ0v) is 19.1. The fraction of sp³-hybridized carbons (Fsp3) is 0.609. The van der Waals surface area contributed by atoms with Crippen LogP contribution in [0.3, 0.4) is 0 Å². The normalized spacial score (nSPS) is 16.1. The molecule has 0 spiro atoms. The third kappa shape index (κ3) is 5.32. The molecule has 0 bridgehead atoms. The van der Waals surface area contributed by atoms with Crippen LogP contribution in [0.5, 0.6) is 0 Å². The second kappa shape index (κ2) is 9.06. The first-order valence-electron chi connectivity index (χ1n) is 10.5. The predicted octanol–water partition coefficient (Wildman–Crippen LogP) is 2.74. The Morgan fingerprint density at radius 1 is 1.07 bits per heavy atom. The molecule has 166 valence electrons. The molecule has 0 aliphatic carbocycles. The molecule has 1 heterocycles. The molecule has 1 aliphatic rings. The van der Waals surface area contributed by atoms with Gasteiger partial charge in [0, 0.05) is 17.6 Å². The van der Waals surface area contributed by atoms with Crippen molar-refractivity contribution in [2.75, 3.05) is 24.7 Å². The van der Waals surface area contributed by atoms with Crippen LogP contribution in [-0.4, -0.2) is 49.2 Å². The Bertz CT molecular complexity index is 810. The van der Waals surface area contributed by atoms with Crippen molar-refractivity contribution in [1.82, 2.24) is 5.32 Å². The van der Waals surface area contributed by atoms with Gasteiger partial charge in [0.05, 0.1) is 25.2 Å². The summed E-state index contributed by atoms with van der Waals surface area (Å²) in [6, 6.07) is 5.08. The summed E-state index contributed by atoms with van der Waals surface area (Å²) >= 11 is 0. The summed E-state index contributed by atoms with van der Waals surface area (Å²) in [5.74, 6) is -0.824. The van der Waals surface area contributed by atoms with Crippen LogP contribution in [-0.2, 0) is 35.7 Å². The maximum absolute atomic E-state index is 12.6. The number of fused-ring (bicyclic) bond motifs is 1. The summed E-state index contributed by atoms with van der Waals surface area (Å²) in [6.45, 7) is 13.5. The fourth-order valence-corrected chi connectivity index (χ4v) is 3.59. The zero-order chi connectivity index (χ0) is 22.7. The Morgan fingerprint density at radius 2 is 1.70 bits per heavy atom. The number of anilines is 1. The van der Waals surface area contributed by atoms with E-state index in [0.29, 0.717) is 13.0 Å². The third-order valence-corrected chi connectivity index (χ3v) is 5.07. The summed E-state index contributed by atoms with van der Waals surface area (Å²) < 4.78 is 10.5. The molecule has 1 N–H and O–H groups in total. The van der Waals surface area contributed by atoms with E-state index in [4.69, 9.17) is 9.47 Å². The number of benzene rings is 1. The number of amides is 1. The summed E-state index contributed by atoms with van der Waals surface area (Å²) in [5.41, 5.74) is 1.34. The van der Waals surface area contributed by atoms with E-state index in [2.05, 4.69) is 5.32 Å². The van der Waals surface area contributed by atoms with Crippen molar-refractivity contribution < 1.29 is 23.9 Å². The summed E-state index contributed by atoms with van der Waals surface area (Å²) in [4.78, 5) is 39.4. The minimum absolute atomic E-state index is 0.0500. The van der Waals surface area contributed by atoms with Crippen LogP contribution in [0.1, 0.15) is 59.6 Å². The first-order valence-corrected chi connectivity index (χ1v) is 10.5. The Morgan fingerprint density at radius 3 is 2.27 bits per heavy atom. The van der Waals surface area contributed by atoms with Gasteiger partial charge in [-0.3, -0.25) is 9.59 Å². The van der Waals surface area contributed by atoms with Crippen molar-refractivity contribution >= 4 is 23.5 Å². The lowest BCUT2D eigenvalue weighted by molar-refractivity contribution is -0.149. The molecule has 2 rings (SSSR count). The number of hydrogen-bond acceptors (Lipinski definition) is 6. The van der Waals surface area contributed by atoms with E-state index in [-0.39, 0.29) is 36.5 Å². The maximum Gasteiger partial charge on any atom is 0.329 e. The molecule has 0 radical (unpaired) electrons. The first-order chi connectivity index (χ1) is 13.9. The number of nitrogens with one attached hydrogen (secondary N) is 1. The maximum atomic E-state index is 12.6. The van der Waals surface area contributed by atoms with Gasteiger partial charge in [0.15, 0.2) is 0 Å². The Kier molecular flexibility index (Phi) is 7.16. The molecule has 0 saturated heterocycles. The number of carbonyl (C=O) groups is 3. The lowest BCUT2D eigenvalue weighted by atomic mass is 9.83. The molecule has 7 heteroatoms. The SMILES string of the molecule is CCOC(=O)C1Cc2cc(C(C)(C)C(=O)OCC)ccc2N1CC(=O)NC(C)(C)C. The smallest absolute Gasteiger partial charge is 0.329 e. The lowest BCUT2D eigenvalue weighted by Crippen LogP contribution is -2.49. The summed E-state index contributed by atoms with van der Waals surface area (Å²) in [5, 5.41) is 2.94. The molecule has 1 aromatic rings. The largest absolute Gasteiger partial charge is 0.465 e. The second-order valence-electron chi connectivity index (χ2n) is 9.09. The van der Waals surface area contributed by atoms with Gasteiger partial charge in [-0.1, -0.05) is 12.1 Å². The standard InChI is InChI=1S/C23H34N2O5/c1-8-29-20(27)18-13-15-12-16(23(6,7)21(28)30-9-2)10-11-17(15)25(18)14-19(26)24-22(3,4)5/h10-12,18H,8-9,13-14H2,1-7H3,(H,24,26). The van der Waals surface area contributed by atoms with Gasteiger partial charge in [0.1, 0.15) is 6.04 Å². The third-order valence-electron chi connectivity index (χ3n) is 5.07. The molecule has 30 heavy (non-hydrogen) atoms. The van der Waals surface area contributed by atoms with Crippen molar-refractivity contribution in [3.8, 4) is 0 Å². The van der Waals surface area contributed by atoms with Gasteiger partial charge in [0.25, 0.3) is 0 Å². The lowest BCUT2D eigenvalue weighted by Gasteiger charge is -2.28. The molecule has 1 aromatic carbocycles. The van der Waals surface area contributed by atoms with Gasteiger partial charge in [-0.25, -0.2) is 4.79 Å². The number of carbonyl (C=O) groups excluding carboxylic acids is 3. The molecular formula is C23H34N2O5. The Labute approximate surface area is 179 Å². The molecule has 1 amide bonds. The van der Waals surface area contributed by atoms with E-state index in [9.17, 15) is 14.4 Å². The van der Waals surface area contributed by atoms with Crippen molar-refractivity contribution in [2.45, 2.75) is 71.9 Å². The van der Waals surface area contributed by atoms with E-state index in [1.807, 2.05) is 52.8 Å². The molecule has 0 saturated carbocycles. The summed E-state index contributed by atoms with van der Waals surface area (Å²) in [7, 11) is 0. The van der Waals surface area contributed by atoms with Gasteiger partial charge in [-0.2, -0.15) is 0 Å². The number of esters is 2. The van der Waals surface area contributed by atoms with Crippen LogP contribution in [0.2, 0.25) is 0 Å². The van der Waals surface area contributed by atoms with Crippen LogP contribution in [0.25, 0.3) is 0 Å². The van der Waals surface area contributed by atoms with Gasteiger partial charge >= 0.3 is 11.9 Å². The number of hydrogen-bond donors (Lipinski definition) is 1. The van der Waals surface area contributed by atoms with E-state index in [1.165, 1.54) is 0 Å². The predicted molar refractivity (Wildman–Crippen MR) is 115 cm³/mol. The van der Waals surface area contributed by atoms with Gasteiger partial charge in [0.2, 0.25) is 5.91 Å². The topological polar surface area (TPSA) is 84.9 Å².